The Morgan fingerprint density at radius 3 is 2.70 bits per heavy atom. The minimum absolute atomic E-state index is 0.624. The molecule has 1 N–H and O–H groups in total. The standard InChI is InChI=1S/C17H18N6/c1-2-6-13(7-3-1)10-19-16-17(23-8-4-5-9-23)21-14-11-18-12-20-15(14)22-16/h1-3,6-7,11-12H,4-5,8-10H2,(H,18,19,20,22). The molecule has 3 heterocycles. The van der Waals surface area contributed by atoms with Gasteiger partial charge in [0, 0.05) is 19.6 Å². The molecule has 1 aromatic carbocycles. The van der Waals surface area contributed by atoms with Crippen LogP contribution in [0.5, 0.6) is 0 Å². The van der Waals surface area contributed by atoms with Crippen LogP contribution in [0.2, 0.25) is 0 Å². The Bertz CT molecular complexity index is 799. The second-order valence-electron chi connectivity index (χ2n) is 5.66. The van der Waals surface area contributed by atoms with E-state index in [0.29, 0.717) is 12.2 Å². The molecule has 1 aliphatic heterocycles. The van der Waals surface area contributed by atoms with E-state index in [9.17, 15) is 0 Å². The summed E-state index contributed by atoms with van der Waals surface area (Å²) in [7, 11) is 0. The van der Waals surface area contributed by atoms with Gasteiger partial charge >= 0.3 is 0 Å². The lowest BCUT2D eigenvalue weighted by Gasteiger charge is -2.20. The molecule has 23 heavy (non-hydrogen) atoms. The van der Waals surface area contributed by atoms with Crippen molar-refractivity contribution in [3.63, 3.8) is 0 Å². The average Bonchev–Trinajstić information content (AvgIpc) is 3.14. The minimum Gasteiger partial charge on any atom is -0.363 e. The highest BCUT2D eigenvalue weighted by Crippen LogP contribution is 2.27. The number of benzene rings is 1. The van der Waals surface area contributed by atoms with Gasteiger partial charge in [-0.3, -0.25) is 0 Å². The van der Waals surface area contributed by atoms with Gasteiger partial charge in [-0.05, 0) is 18.4 Å². The maximum atomic E-state index is 4.75. The monoisotopic (exact) mass is 306 g/mol. The highest BCUT2D eigenvalue weighted by molar-refractivity contribution is 5.76. The summed E-state index contributed by atoms with van der Waals surface area (Å²) in [5.41, 5.74) is 2.57. The van der Waals surface area contributed by atoms with Crippen LogP contribution in [0, 0.1) is 0 Å². The summed E-state index contributed by atoms with van der Waals surface area (Å²) >= 11 is 0. The van der Waals surface area contributed by atoms with Gasteiger partial charge in [-0.15, -0.1) is 0 Å². The van der Waals surface area contributed by atoms with Gasteiger partial charge in [0.2, 0.25) is 0 Å². The maximum Gasteiger partial charge on any atom is 0.183 e. The molecule has 6 heteroatoms. The van der Waals surface area contributed by atoms with Crippen LogP contribution in [-0.2, 0) is 6.54 Å². The Labute approximate surface area is 134 Å². The van der Waals surface area contributed by atoms with E-state index in [1.165, 1.54) is 24.7 Å². The number of anilines is 2. The fraction of sp³-hybridized carbons (Fsp3) is 0.294. The van der Waals surface area contributed by atoms with Crippen molar-refractivity contribution in [3.8, 4) is 0 Å². The first-order chi connectivity index (χ1) is 11.4. The lowest BCUT2D eigenvalue weighted by atomic mass is 10.2. The molecule has 1 aliphatic rings. The van der Waals surface area contributed by atoms with Crippen molar-refractivity contribution in [1.29, 1.82) is 0 Å². The zero-order valence-electron chi connectivity index (χ0n) is 12.8. The molecule has 1 saturated heterocycles. The molecule has 1 fully saturated rings. The van der Waals surface area contributed by atoms with E-state index in [1.807, 2.05) is 18.2 Å². The molecule has 4 rings (SSSR count). The van der Waals surface area contributed by atoms with E-state index >= 15 is 0 Å². The first kappa shape index (κ1) is 13.9. The molecular formula is C17H18N6. The van der Waals surface area contributed by atoms with Crippen LogP contribution in [0.25, 0.3) is 11.2 Å². The van der Waals surface area contributed by atoms with Crippen molar-refractivity contribution in [3.05, 3.63) is 48.4 Å². The Balaban J connectivity index is 1.68. The third-order valence-electron chi connectivity index (χ3n) is 4.04. The third-order valence-corrected chi connectivity index (χ3v) is 4.04. The van der Waals surface area contributed by atoms with Gasteiger partial charge in [0.25, 0.3) is 0 Å². The van der Waals surface area contributed by atoms with Gasteiger partial charge in [0.15, 0.2) is 17.3 Å². The number of aromatic nitrogens is 4. The molecule has 0 aliphatic carbocycles. The molecule has 0 saturated carbocycles. The predicted molar refractivity (Wildman–Crippen MR) is 90.3 cm³/mol. The Morgan fingerprint density at radius 2 is 1.87 bits per heavy atom. The molecule has 0 unspecified atom stereocenters. The number of hydrogen-bond acceptors (Lipinski definition) is 6. The molecule has 0 radical (unpaired) electrons. The van der Waals surface area contributed by atoms with E-state index in [-0.39, 0.29) is 0 Å². The summed E-state index contributed by atoms with van der Waals surface area (Å²) in [6, 6.07) is 10.3. The molecule has 0 spiro atoms. The van der Waals surface area contributed by atoms with Gasteiger partial charge in [-0.25, -0.2) is 19.9 Å². The van der Waals surface area contributed by atoms with Crippen LogP contribution in [-0.4, -0.2) is 33.0 Å². The zero-order chi connectivity index (χ0) is 15.5. The number of hydrogen-bond donors (Lipinski definition) is 1. The molecule has 0 atom stereocenters. The molecule has 6 nitrogen and oxygen atoms in total. The van der Waals surface area contributed by atoms with Gasteiger partial charge in [0.05, 0.1) is 6.20 Å². The highest BCUT2D eigenvalue weighted by atomic mass is 15.2. The topological polar surface area (TPSA) is 66.8 Å². The van der Waals surface area contributed by atoms with Gasteiger partial charge in [-0.1, -0.05) is 30.3 Å². The van der Waals surface area contributed by atoms with E-state index < -0.39 is 0 Å². The summed E-state index contributed by atoms with van der Waals surface area (Å²) in [5.74, 6) is 1.70. The van der Waals surface area contributed by atoms with Crippen LogP contribution in [0.3, 0.4) is 0 Å². The summed E-state index contributed by atoms with van der Waals surface area (Å²) in [6.45, 7) is 2.76. The first-order valence-electron chi connectivity index (χ1n) is 7.91. The molecule has 2 aromatic heterocycles. The fourth-order valence-corrected chi connectivity index (χ4v) is 2.85. The molecule has 0 bridgehead atoms. The zero-order valence-corrected chi connectivity index (χ0v) is 12.8. The molecule has 0 amide bonds. The van der Waals surface area contributed by atoms with Crippen LogP contribution >= 0.6 is 0 Å². The normalized spacial score (nSPS) is 14.3. The van der Waals surface area contributed by atoms with E-state index in [2.05, 4.69) is 37.3 Å². The molecular weight excluding hydrogens is 288 g/mol. The van der Waals surface area contributed by atoms with E-state index in [1.54, 1.807) is 6.20 Å². The maximum absolute atomic E-state index is 4.75. The van der Waals surface area contributed by atoms with Crippen molar-refractivity contribution in [2.24, 2.45) is 0 Å². The Kier molecular flexibility index (Phi) is 3.71. The summed E-state index contributed by atoms with van der Waals surface area (Å²) in [6.07, 6.45) is 5.62. The highest BCUT2D eigenvalue weighted by Gasteiger charge is 2.19. The van der Waals surface area contributed by atoms with Crippen molar-refractivity contribution >= 4 is 22.8 Å². The SMILES string of the molecule is c1ccc(CNc2nc3ncncc3nc2N2CCCC2)cc1. The van der Waals surface area contributed by atoms with Crippen LogP contribution in [0.1, 0.15) is 18.4 Å². The first-order valence-corrected chi connectivity index (χ1v) is 7.91. The fourth-order valence-electron chi connectivity index (χ4n) is 2.85. The lowest BCUT2D eigenvalue weighted by Crippen LogP contribution is -2.21. The van der Waals surface area contributed by atoms with Gasteiger partial charge in [-0.2, -0.15) is 0 Å². The molecule has 3 aromatic rings. The quantitative estimate of drug-likeness (QED) is 0.799. The number of nitrogens with zero attached hydrogens (tertiary/aromatic N) is 5. The Hall–Kier alpha value is -2.76. The van der Waals surface area contributed by atoms with Crippen LogP contribution < -0.4 is 10.2 Å². The summed E-state index contributed by atoms with van der Waals surface area (Å²) < 4.78 is 0. The smallest absolute Gasteiger partial charge is 0.183 e. The van der Waals surface area contributed by atoms with Crippen LogP contribution in [0.15, 0.2) is 42.9 Å². The van der Waals surface area contributed by atoms with Gasteiger partial charge in [0.1, 0.15) is 11.8 Å². The van der Waals surface area contributed by atoms with Crippen molar-refractivity contribution in [1.82, 2.24) is 19.9 Å². The number of fused-ring (bicyclic) bond motifs is 1. The van der Waals surface area contributed by atoms with E-state index in [4.69, 9.17) is 4.98 Å². The predicted octanol–water partition coefficient (Wildman–Crippen LogP) is 2.63. The van der Waals surface area contributed by atoms with Crippen molar-refractivity contribution in [2.75, 3.05) is 23.3 Å². The average molecular weight is 306 g/mol. The van der Waals surface area contributed by atoms with Crippen LogP contribution in [0.4, 0.5) is 11.6 Å². The molecule has 116 valence electrons. The summed E-state index contributed by atoms with van der Waals surface area (Å²) in [5, 5.41) is 3.42. The lowest BCUT2D eigenvalue weighted by molar-refractivity contribution is 0.929. The summed E-state index contributed by atoms with van der Waals surface area (Å²) in [4.78, 5) is 20.0. The number of rotatable bonds is 4. The Morgan fingerprint density at radius 1 is 1.04 bits per heavy atom. The van der Waals surface area contributed by atoms with Crippen molar-refractivity contribution in [2.45, 2.75) is 19.4 Å². The second-order valence-corrected chi connectivity index (χ2v) is 5.66. The van der Waals surface area contributed by atoms with Crippen molar-refractivity contribution < 1.29 is 0 Å². The third kappa shape index (κ3) is 2.92. The number of nitrogens with one attached hydrogen (secondary N) is 1. The van der Waals surface area contributed by atoms with Gasteiger partial charge < -0.3 is 10.2 Å². The largest absolute Gasteiger partial charge is 0.363 e. The second kappa shape index (κ2) is 6.16. The van der Waals surface area contributed by atoms with E-state index in [0.717, 1.165) is 30.2 Å². The minimum atomic E-state index is 0.624.